The summed E-state index contributed by atoms with van der Waals surface area (Å²) in [6.07, 6.45) is 0.488. The minimum absolute atomic E-state index is 0.102. The van der Waals surface area contributed by atoms with E-state index in [0.29, 0.717) is 18.6 Å². The fraction of sp³-hybridized carbons (Fsp3) is 0.500. The molecule has 23 heavy (non-hydrogen) atoms. The highest BCUT2D eigenvalue weighted by Crippen LogP contribution is 2.29. The van der Waals surface area contributed by atoms with Crippen molar-refractivity contribution in [3.8, 4) is 5.88 Å². The van der Waals surface area contributed by atoms with Crippen LogP contribution in [0.3, 0.4) is 0 Å². The Balaban J connectivity index is 2.50. The first-order valence-electron chi connectivity index (χ1n) is 6.35. The Morgan fingerprint density at radius 1 is 1.30 bits per heavy atom. The van der Waals surface area contributed by atoms with Crippen molar-refractivity contribution >= 4 is 16.1 Å². The molecule has 0 radical (unpaired) electrons. The number of halogens is 3. The topological polar surface area (TPSA) is 91.8 Å². The normalized spacial score (nSPS) is 15.5. The number of hydrogen-bond donors (Lipinski definition) is 0. The summed E-state index contributed by atoms with van der Waals surface area (Å²) in [5.41, 5.74) is -5.03. The monoisotopic (exact) mass is 355 g/mol. The number of ether oxygens (including phenoxy) is 2. The van der Waals surface area contributed by atoms with Crippen molar-refractivity contribution in [1.82, 2.24) is 4.98 Å². The first kappa shape index (κ1) is 17.5. The first-order chi connectivity index (χ1) is 10.7. The lowest BCUT2D eigenvalue weighted by Gasteiger charge is -2.13. The van der Waals surface area contributed by atoms with Crippen LogP contribution in [-0.2, 0) is 32.4 Å². The summed E-state index contributed by atoms with van der Waals surface area (Å²) in [5, 5.41) is 0. The van der Waals surface area contributed by atoms with Crippen molar-refractivity contribution in [2.75, 3.05) is 20.3 Å². The lowest BCUT2D eigenvalue weighted by molar-refractivity contribution is -0.0501. The molecule has 11 heteroatoms. The van der Waals surface area contributed by atoms with Gasteiger partial charge in [-0.25, -0.2) is 9.78 Å². The van der Waals surface area contributed by atoms with Gasteiger partial charge in [-0.15, -0.1) is 0 Å². The van der Waals surface area contributed by atoms with Crippen molar-refractivity contribution in [2.24, 2.45) is 0 Å². The third-order valence-corrected chi connectivity index (χ3v) is 4.01. The number of nitrogens with zero attached hydrogens (tertiary/aromatic N) is 1. The molecule has 0 saturated carbocycles. The summed E-state index contributed by atoms with van der Waals surface area (Å²) < 4.78 is 73.1. The molecule has 2 heterocycles. The molecule has 128 valence electrons. The second-order valence-electron chi connectivity index (χ2n) is 4.52. The maximum Gasteiger partial charge on any atom is 0.534 e. The van der Waals surface area contributed by atoms with Gasteiger partial charge >= 0.3 is 21.6 Å². The minimum Gasteiger partial charge on any atom is -0.465 e. The van der Waals surface area contributed by atoms with E-state index in [9.17, 15) is 26.4 Å². The van der Waals surface area contributed by atoms with E-state index in [4.69, 9.17) is 4.74 Å². The number of methoxy groups -OCH3 is 1. The number of rotatable bonds is 3. The van der Waals surface area contributed by atoms with Gasteiger partial charge in [0, 0.05) is 12.5 Å². The maximum atomic E-state index is 12.4. The molecule has 0 N–H and O–H groups in total. The van der Waals surface area contributed by atoms with Crippen LogP contribution >= 0.6 is 0 Å². The Bertz CT molecular complexity index is 716. The molecule has 0 bridgehead atoms. The van der Waals surface area contributed by atoms with Gasteiger partial charge in [-0.3, -0.25) is 0 Å². The second-order valence-corrected chi connectivity index (χ2v) is 6.06. The highest BCUT2D eigenvalue weighted by atomic mass is 32.2. The summed E-state index contributed by atoms with van der Waals surface area (Å²) in [6.45, 7) is 0.524. The van der Waals surface area contributed by atoms with E-state index in [1.54, 1.807) is 0 Å². The zero-order valence-electron chi connectivity index (χ0n) is 11.8. The molecule has 1 aromatic rings. The molecule has 0 aliphatic carbocycles. The third kappa shape index (κ3) is 3.72. The van der Waals surface area contributed by atoms with Gasteiger partial charge in [0.25, 0.3) is 0 Å². The Hall–Kier alpha value is -1.88. The second kappa shape index (κ2) is 6.32. The van der Waals surface area contributed by atoms with Crippen LogP contribution in [0.15, 0.2) is 6.07 Å². The van der Waals surface area contributed by atoms with E-state index in [-0.39, 0.29) is 24.3 Å². The van der Waals surface area contributed by atoms with Crippen LogP contribution in [0.5, 0.6) is 5.88 Å². The lowest BCUT2D eigenvalue weighted by atomic mass is 10.0. The summed E-state index contributed by atoms with van der Waals surface area (Å²) in [5.74, 6) is -1.68. The third-order valence-electron chi connectivity index (χ3n) is 3.05. The summed E-state index contributed by atoms with van der Waals surface area (Å²) >= 11 is 0. The van der Waals surface area contributed by atoms with Crippen LogP contribution in [0.25, 0.3) is 0 Å². The number of fused-ring (bicyclic) bond motifs is 1. The number of aromatic nitrogens is 1. The van der Waals surface area contributed by atoms with E-state index < -0.39 is 27.5 Å². The van der Waals surface area contributed by atoms with Crippen LogP contribution < -0.4 is 4.18 Å². The van der Waals surface area contributed by atoms with Gasteiger partial charge in [-0.1, -0.05) is 0 Å². The molecule has 0 saturated heterocycles. The van der Waals surface area contributed by atoms with Gasteiger partial charge in [0.05, 0.1) is 31.6 Å². The van der Waals surface area contributed by atoms with Crippen molar-refractivity contribution in [3.63, 3.8) is 0 Å². The molecule has 0 amide bonds. The molecular formula is C12H12F3NO6S. The molecule has 0 spiro atoms. The lowest BCUT2D eigenvalue weighted by Crippen LogP contribution is -2.28. The molecule has 0 fully saturated rings. The summed E-state index contributed by atoms with van der Waals surface area (Å²) in [4.78, 5) is 15.6. The van der Waals surface area contributed by atoms with E-state index in [2.05, 4.69) is 13.9 Å². The first-order valence-corrected chi connectivity index (χ1v) is 7.76. The van der Waals surface area contributed by atoms with Gasteiger partial charge in [0.2, 0.25) is 5.88 Å². The van der Waals surface area contributed by atoms with Crippen LogP contribution in [0.2, 0.25) is 0 Å². The molecular weight excluding hydrogens is 343 g/mol. The van der Waals surface area contributed by atoms with Gasteiger partial charge in [0.1, 0.15) is 0 Å². The SMILES string of the molecule is COC(=O)c1cc(OS(=O)(=O)C(F)(F)F)nc2c1CCOCC2. The quantitative estimate of drug-likeness (QED) is 0.457. The molecule has 0 atom stereocenters. The number of alkyl halides is 3. The Labute approximate surface area is 129 Å². The average Bonchev–Trinajstić information content (AvgIpc) is 2.69. The molecule has 0 aromatic carbocycles. The zero-order valence-corrected chi connectivity index (χ0v) is 12.7. The highest BCUT2D eigenvalue weighted by molar-refractivity contribution is 7.87. The summed E-state index contributed by atoms with van der Waals surface area (Å²) in [7, 11) is -4.79. The number of esters is 1. The number of pyridine rings is 1. The Morgan fingerprint density at radius 3 is 2.57 bits per heavy atom. The molecule has 7 nitrogen and oxygen atoms in total. The summed E-state index contributed by atoms with van der Waals surface area (Å²) in [6, 6.07) is 0.819. The molecule has 1 aromatic heterocycles. The minimum atomic E-state index is -5.88. The van der Waals surface area contributed by atoms with E-state index in [0.717, 1.165) is 13.2 Å². The predicted octanol–water partition coefficient (Wildman–Crippen LogP) is 1.21. The van der Waals surface area contributed by atoms with Gasteiger partial charge in [0.15, 0.2) is 0 Å². The standard InChI is InChI=1S/C12H12F3NO6S/c1-20-11(17)8-6-10(22-23(18,19)12(13,14)15)16-9-3-5-21-4-2-7(8)9/h6H,2-5H2,1H3. The molecule has 1 aliphatic heterocycles. The van der Waals surface area contributed by atoms with Crippen molar-refractivity contribution in [1.29, 1.82) is 0 Å². The number of hydrogen-bond acceptors (Lipinski definition) is 7. The largest absolute Gasteiger partial charge is 0.534 e. The van der Waals surface area contributed by atoms with Crippen LogP contribution in [-0.4, -0.2) is 45.2 Å². The maximum absolute atomic E-state index is 12.4. The van der Waals surface area contributed by atoms with E-state index in [1.807, 2.05) is 0 Å². The van der Waals surface area contributed by atoms with Crippen molar-refractivity contribution < 1.29 is 40.0 Å². The Kier molecular flexibility index (Phi) is 4.80. The van der Waals surface area contributed by atoms with E-state index >= 15 is 0 Å². The predicted molar refractivity (Wildman–Crippen MR) is 69.4 cm³/mol. The molecule has 2 rings (SSSR count). The van der Waals surface area contributed by atoms with Crippen LogP contribution in [0.1, 0.15) is 21.6 Å². The fourth-order valence-electron chi connectivity index (χ4n) is 2.02. The van der Waals surface area contributed by atoms with E-state index in [1.165, 1.54) is 0 Å². The molecule has 0 unspecified atom stereocenters. The van der Waals surface area contributed by atoms with Crippen LogP contribution in [0, 0.1) is 0 Å². The van der Waals surface area contributed by atoms with Gasteiger partial charge < -0.3 is 13.7 Å². The number of carbonyl (C=O) groups is 1. The fourth-order valence-corrected chi connectivity index (χ4v) is 2.43. The van der Waals surface area contributed by atoms with Gasteiger partial charge in [-0.2, -0.15) is 21.6 Å². The smallest absolute Gasteiger partial charge is 0.465 e. The van der Waals surface area contributed by atoms with Crippen LogP contribution in [0.4, 0.5) is 13.2 Å². The Morgan fingerprint density at radius 2 is 1.96 bits per heavy atom. The highest BCUT2D eigenvalue weighted by Gasteiger charge is 2.49. The zero-order chi connectivity index (χ0) is 17.3. The number of carbonyl (C=O) groups excluding carboxylic acids is 1. The van der Waals surface area contributed by atoms with Crippen molar-refractivity contribution in [2.45, 2.75) is 18.3 Å². The van der Waals surface area contributed by atoms with Gasteiger partial charge in [-0.05, 0) is 12.0 Å². The molecule has 1 aliphatic rings. The average molecular weight is 355 g/mol. The van der Waals surface area contributed by atoms with Crippen molar-refractivity contribution in [3.05, 3.63) is 22.9 Å².